The molecule has 0 fully saturated rings. The molecule has 0 spiro atoms. The Morgan fingerprint density at radius 3 is 2.43 bits per heavy atom. The SMILES string of the molecule is CCCc1ncc(CN)c(N)n1.Cl.Cl. The number of nitrogens with two attached hydrogens (primary N) is 2. The number of nitrogens with zero attached hydrogens (tertiary/aromatic N) is 2. The number of nitrogen functional groups attached to an aromatic ring is 1. The Morgan fingerprint density at radius 2 is 2.00 bits per heavy atom. The maximum atomic E-state index is 5.63. The van der Waals surface area contributed by atoms with Crippen LogP contribution in [0.3, 0.4) is 0 Å². The lowest BCUT2D eigenvalue weighted by molar-refractivity contribution is 0.828. The van der Waals surface area contributed by atoms with Gasteiger partial charge in [0, 0.05) is 24.7 Å². The van der Waals surface area contributed by atoms with E-state index in [9.17, 15) is 0 Å². The average molecular weight is 239 g/mol. The first-order valence-electron chi connectivity index (χ1n) is 4.08. The number of hydrogen-bond acceptors (Lipinski definition) is 4. The molecule has 14 heavy (non-hydrogen) atoms. The Bertz CT molecular complexity index is 268. The predicted octanol–water partition coefficient (Wildman–Crippen LogP) is 1.31. The molecule has 0 atom stereocenters. The van der Waals surface area contributed by atoms with Crippen molar-refractivity contribution in [2.45, 2.75) is 26.3 Å². The molecular weight excluding hydrogens is 223 g/mol. The molecular formula is C8H16Cl2N4. The quantitative estimate of drug-likeness (QED) is 0.833. The third kappa shape index (κ3) is 4.09. The predicted molar refractivity (Wildman–Crippen MR) is 62.8 cm³/mol. The molecule has 1 aromatic heterocycles. The highest BCUT2D eigenvalue weighted by Gasteiger charge is 2.00. The van der Waals surface area contributed by atoms with Gasteiger partial charge in [-0.1, -0.05) is 6.92 Å². The molecule has 1 rings (SSSR count). The van der Waals surface area contributed by atoms with Crippen molar-refractivity contribution in [3.8, 4) is 0 Å². The fourth-order valence-corrected chi connectivity index (χ4v) is 0.960. The molecule has 4 nitrogen and oxygen atoms in total. The monoisotopic (exact) mass is 238 g/mol. The van der Waals surface area contributed by atoms with Gasteiger partial charge in [-0.15, -0.1) is 24.8 Å². The Kier molecular flexibility index (Phi) is 8.83. The summed E-state index contributed by atoms with van der Waals surface area (Å²) in [4.78, 5) is 8.25. The van der Waals surface area contributed by atoms with E-state index in [1.165, 1.54) is 0 Å². The second-order valence-electron chi connectivity index (χ2n) is 2.65. The molecule has 0 aromatic carbocycles. The number of halogens is 2. The lowest BCUT2D eigenvalue weighted by atomic mass is 10.3. The van der Waals surface area contributed by atoms with Gasteiger partial charge in [0.1, 0.15) is 11.6 Å². The average Bonchev–Trinajstić information content (AvgIpc) is 2.05. The molecule has 0 aliphatic carbocycles. The van der Waals surface area contributed by atoms with Crippen LogP contribution in [0.5, 0.6) is 0 Å². The zero-order chi connectivity index (χ0) is 8.97. The molecule has 82 valence electrons. The summed E-state index contributed by atoms with van der Waals surface area (Å²) in [6.45, 7) is 2.48. The fourth-order valence-electron chi connectivity index (χ4n) is 0.960. The van der Waals surface area contributed by atoms with Crippen molar-refractivity contribution in [3.05, 3.63) is 17.6 Å². The molecule has 0 radical (unpaired) electrons. The molecule has 0 aliphatic heterocycles. The number of hydrogen-bond donors (Lipinski definition) is 2. The van der Waals surface area contributed by atoms with Crippen LogP contribution in [0.2, 0.25) is 0 Å². The van der Waals surface area contributed by atoms with Crippen molar-refractivity contribution in [2.24, 2.45) is 5.73 Å². The first-order chi connectivity index (χ1) is 5.77. The first-order valence-corrected chi connectivity index (χ1v) is 4.08. The van der Waals surface area contributed by atoms with E-state index in [0.717, 1.165) is 24.2 Å². The molecule has 0 saturated carbocycles. The minimum absolute atomic E-state index is 0. The molecule has 0 bridgehead atoms. The lowest BCUT2D eigenvalue weighted by Crippen LogP contribution is -2.07. The van der Waals surface area contributed by atoms with Crippen molar-refractivity contribution in [2.75, 3.05) is 5.73 Å². The minimum atomic E-state index is 0. The van der Waals surface area contributed by atoms with Gasteiger partial charge in [-0.2, -0.15) is 0 Å². The summed E-state index contributed by atoms with van der Waals surface area (Å²) in [7, 11) is 0. The third-order valence-corrected chi connectivity index (χ3v) is 1.64. The van der Waals surface area contributed by atoms with Crippen molar-refractivity contribution in [1.82, 2.24) is 9.97 Å². The molecule has 1 aromatic rings. The smallest absolute Gasteiger partial charge is 0.131 e. The molecule has 6 heteroatoms. The topological polar surface area (TPSA) is 77.8 Å². The van der Waals surface area contributed by atoms with Gasteiger partial charge in [0.25, 0.3) is 0 Å². The van der Waals surface area contributed by atoms with E-state index in [-0.39, 0.29) is 24.8 Å². The largest absolute Gasteiger partial charge is 0.383 e. The van der Waals surface area contributed by atoms with E-state index in [1.54, 1.807) is 6.20 Å². The zero-order valence-electron chi connectivity index (χ0n) is 8.06. The highest BCUT2D eigenvalue weighted by Crippen LogP contribution is 2.06. The second kappa shape index (κ2) is 7.79. The van der Waals surface area contributed by atoms with E-state index in [2.05, 4.69) is 16.9 Å². The Labute approximate surface area is 96.3 Å². The summed E-state index contributed by atoms with van der Waals surface area (Å²) in [6.07, 6.45) is 3.60. The van der Waals surface area contributed by atoms with Gasteiger partial charge >= 0.3 is 0 Å². The van der Waals surface area contributed by atoms with Crippen LogP contribution in [0.25, 0.3) is 0 Å². The van der Waals surface area contributed by atoms with Crippen LogP contribution >= 0.6 is 24.8 Å². The molecule has 1 heterocycles. The van der Waals surface area contributed by atoms with Crippen LogP contribution in [0.1, 0.15) is 24.7 Å². The summed E-state index contributed by atoms with van der Waals surface area (Å²) >= 11 is 0. The van der Waals surface area contributed by atoms with E-state index in [4.69, 9.17) is 11.5 Å². The zero-order valence-corrected chi connectivity index (χ0v) is 9.70. The molecule has 0 saturated heterocycles. The molecule has 0 amide bonds. The van der Waals surface area contributed by atoms with Crippen LogP contribution in [0.15, 0.2) is 6.20 Å². The van der Waals surface area contributed by atoms with E-state index in [1.807, 2.05) is 0 Å². The number of anilines is 1. The van der Waals surface area contributed by atoms with Crippen LogP contribution < -0.4 is 11.5 Å². The summed E-state index contributed by atoms with van der Waals surface area (Å²) < 4.78 is 0. The van der Waals surface area contributed by atoms with Crippen molar-refractivity contribution in [1.29, 1.82) is 0 Å². The highest BCUT2D eigenvalue weighted by molar-refractivity contribution is 5.85. The van der Waals surface area contributed by atoms with Gasteiger partial charge < -0.3 is 11.5 Å². The second-order valence-corrected chi connectivity index (χ2v) is 2.65. The highest BCUT2D eigenvalue weighted by atomic mass is 35.5. The minimum Gasteiger partial charge on any atom is -0.383 e. The van der Waals surface area contributed by atoms with Crippen LogP contribution in [0, 0.1) is 0 Å². The summed E-state index contributed by atoms with van der Waals surface area (Å²) in [5, 5.41) is 0. The lowest BCUT2D eigenvalue weighted by Gasteiger charge is -2.02. The van der Waals surface area contributed by atoms with Crippen LogP contribution in [-0.4, -0.2) is 9.97 Å². The standard InChI is InChI=1S/C8H14N4.2ClH/c1-2-3-7-11-5-6(4-9)8(10)12-7;;/h5H,2-4,9H2,1H3,(H2,10,11,12);2*1H. The Morgan fingerprint density at radius 1 is 1.36 bits per heavy atom. The number of aromatic nitrogens is 2. The maximum Gasteiger partial charge on any atom is 0.131 e. The molecule has 4 N–H and O–H groups in total. The Balaban J connectivity index is 0. The van der Waals surface area contributed by atoms with E-state index < -0.39 is 0 Å². The van der Waals surface area contributed by atoms with Gasteiger partial charge in [-0.25, -0.2) is 9.97 Å². The van der Waals surface area contributed by atoms with Crippen LogP contribution in [-0.2, 0) is 13.0 Å². The normalized spacial score (nSPS) is 8.71. The summed E-state index contributed by atoms with van der Waals surface area (Å²) in [5.41, 5.74) is 11.9. The molecule has 0 aliphatic rings. The number of rotatable bonds is 3. The van der Waals surface area contributed by atoms with Gasteiger partial charge in [0.15, 0.2) is 0 Å². The van der Waals surface area contributed by atoms with Gasteiger partial charge in [-0.05, 0) is 6.42 Å². The van der Waals surface area contributed by atoms with E-state index >= 15 is 0 Å². The van der Waals surface area contributed by atoms with Gasteiger partial charge in [-0.3, -0.25) is 0 Å². The third-order valence-electron chi connectivity index (χ3n) is 1.64. The summed E-state index contributed by atoms with van der Waals surface area (Å²) in [6, 6.07) is 0. The van der Waals surface area contributed by atoms with Crippen LogP contribution in [0.4, 0.5) is 5.82 Å². The van der Waals surface area contributed by atoms with Gasteiger partial charge in [0.2, 0.25) is 0 Å². The van der Waals surface area contributed by atoms with Crippen molar-refractivity contribution < 1.29 is 0 Å². The number of aryl methyl sites for hydroxylation is 1. The summed E-state index contributed by atoms with van der Waals surface area (Å²) in [5.74, 6) is 1.31. The Hall–Kier alpha value is -0.580. The van der Waals surface area contributed by atoms with Crippen molar-refractivity contribution >= 4 is 30.6 Å². The van der Waals surface area contributed by atoms with Gasteiger partial charge in [0.05, 0.1) is 0 Å². The first kappa shape index (κ1) is 15.9. The van der Waals surface area contributed by atoms with Crippen molar-refractivity contribution in [3.63, 3.8) is 0 Å². The molecule has 0 unspecified atom stereocenters. The fraction of sp³-hybridized carbons (Fsp3) is 0.500. The van der Waals surface area contributed by atoms with E-state index in [0.29, 0.717) is 12.4 Å². The maximum absolute atomic E-state index is 5.63.